The summed E-state index contributed by atoms with van der Waals surface area (Å²) in [6.07, 6.45) is 1.55. The fourth-order valence-corrected chi connectivity index (χ4v) is 4.98. The van der Waals surface area contributed by atoms with E-state index in [9.17, 15) is 14.9 Å². The summed E-state index contributed by atoms with van der Waals surface area (Å²) in [5, 5.41) is 11.6. The Morgan fingerprint density at radius 2 is 1.82 bits per heavy atom. The van der Waals surface area contributed by atoms with Crippen molar-refractivity contribution in [1.82, 2.24) is 0 Å². The highest BCUT2D eigenvalue weighted by Crippen LogP contribution is 2.36. The molecule has 1 aliphatic rings. The smallest absolute Gasteiger partial charge is 0.363 e. The predicted octanol–water partition coefficient (Wildman–Crippen LogP) is 7.35. The van der Waals surface area contributed by atoms with E-state index >= 15 is 0 Å². The second-order valence-electron chi connectivity index (χ2n) is 6.99. The van der Waals surface area contributed by atoms with Gasteiger partial charge in [-0.1, -0.05) is 35.3 Å². The van der Waals surface area contributed by atoms with Crippen molar-refractivity contribution in [2.24, 2.45) is 4.99 Å². The lowest BCUT2D eigenvalue weighted by Gasteiger charge is -2.11. The largest absolute Gasteiger partial charge is 0.487 e. The normalized spacial score (nSPS) is 14.2. The number of benzene rings is 3. The molecule has 34 heavy (non-hydrogen) atoms. The van der Waals surface area contributed by atoms with Crippen LogP contribution in [0.5, 0.6) is 5.75 Å². The maximum Gasteiger partial charge on any atom is 0.363 e. The van der Waals surface area contributed by atoms with E-state index in [1.165, 1.54) is 18.2 Å². The molecule has 0 N–H and O–H groups in total. The molecule has 0 aliphatic carbocycles. The minimum Gasteiger partial charge on any atom is -0.487 e. The standard InChI is InChI=1S/C23H12Br2Cl2N2O5/c24-17-7-13(8-18(25)21(17)33-11-12-2-1-3-14(26)6-12)9-20-23(30)34-22(28-20)16-5-4-15(29(31)32)10-19(16)27/h1-10H,11H2/b20-9-. The number of rotatable bonds is 6. The van der Waals surface area contributed by atoms with Gasteiger partial charge in [0.15, 0.2) is 5.70 Å². The van der Waals surface area contributed by atoms with Crippen LogP contribution in [0, 0.1) is 10.1 Å². The van der Waals surface area contributed by atoms with E-state index in [1.807, 2.05) is 18.2 Å². The molecule has 4 rings (SSSR count). The van der Waals surface area contributed by atoms with E-state index in [0.717, 1.165) is 5.56 Å². The quantitative estimate of drug-likeness (QED) is 0.123. The molecule has 0 bridgehead atoms. The van der Waals surface area contributed by atoms with Crippen molar-refractivity contribution >= 4 is 78.7 Å². The van der Waals surface area contributed by atoms with Crippen molar-refractivity contribution in [2.45, 2.75) is 6.61 Å². The number of non-ortho nitro benzene ring substituents is 1. The van der Waals surface area contributed by atoms with Gasteiger partial charge in [0.1, 0.15) is 12.4 Å². The lowest BCUT2D eigenvalue weighted by Crippen LogP contribution is -2.06. The highest BCUT2D eigenvalue weighted by Gasteiger charge is 2.26. The van der Waals surface area contributed by atoms with Gasteiger partial charge >= 0.3 is 5.97 Å². The van der Waals surface area contributed by atoms with E-state index in [2.05, 4.69) is 36.9 Å². The number of esters is 1. The van der Waals surface area contributed by atoms with Crippen molar-refractivity contribution in [2.75, 3.05) is 0 Å². The monoisotopic (exact) mass is 624 g/mol. The topological polar surface area (TPSA) is 91.0 Å². The molecule has 7 nitrogen and oxygen atoms in total. The molecular formula is C23H12Br2Cl2N2O5. The molecule has 0 unspecified atom stereocenters. The summed E-state index contributed by atoms with van der Waals surface area (Å²) in [6, 6.07) is 14.7. The number of hydrogen-bond donors (Lipinski definition) is 0. The van der Waals surface area contributed by atoms with Crippen LogP contribution in [0.4, 0.5) is 5.69 Å². The molecule has 172 valence electrons. The highest BCUT2D eigenvalue weighted by molar-refractivity contribution is 9.11. The van der Waals surface area contributed by atoms with Crippen LogP contribution in [-0.4, -0.2) is 16.8 Å². The van der Waals surface area contributed by atoms with Crippen LogP contribution >= 0.6 is 55.1 Å². The summed E-state index contributed by atoms with van der Waals surface area (Å²) in [5.74, 6) is -0.119. The van der Waals surface area contributed by atoms with Gasteiger partial charge in [-0.2, -0.15) is 0 Å². The minimum absolute atomic E-state index is 0.0317. The number of carbonyl (C=O) groups is 1. The van der Waals surface area contributed by atoms with Crippen LogP contribution < -0.4 is 4.74 Å². The SMILES string of the molecule is O=C1OC(c2ccc([N+](=O)[O-])cc2Cl)=N/C1=C\c1cc(Br)c(OCc2cccc(Cl)c2)c(Br)c1. The number of nitrogens with zero attached hydrogens (tertiary/aromatic N) is 2. The number of ether oxygens (including phenoxy) is 2. The first kappa shape index (κ1) is 24.4. The van der Waals surface area contributed by atoms with Crippen molar-refractivity contribution in [3.8, 4) is 5.75 Å². The molecule has 1 aliphatic heterocycles. The van der Waals surface area contributed by atoms with Gasteiger partial charge in [0.25, 0.3) is 5.69 Å². The van der Waals surface area contributed by atoms with Gasteiger partial charge in [0.2, 0.25) is 5.90 Å². The molecule has 0 spiro atoms. The number of hydrogen-bond acceptors (Lipinski definition) is 6. The molecule has 0 amide bonds. The van der Waals surface area contributed by atoms with E-state index in [1.54, 1.807) is 24.3 Å². The Kier molecular flexibility index (Phi) is 7.37. The summed E-state index contributed by atoms with van der Waals surface area (Å²) >= 11 is 19.1. The third-order valence-corrected chi connectivity index (χ3v) is 6.34. The maximum absolute atomic E-state index is 12.4. The van der Waals surface area contributed by atoms with Crippen LogP contribution in [0.15, 0.2) is 74.2 Å². The summed E-state index contributed by atoms with van der Waals surface area (Å²) < 4.78 is 12.5. The highest BCUT2D eigenvalue weighted by atomic mass is 79.9. The summed E-state index contributed by atoms with van der Waals surface area (Å²) in [5.41, 5.74) is 1.72. The van der Waals surface area contributed by atoms with Gasteiger partial charge in [0, 0.05) is 17.2 Å². The average Bonchev–Trinajstić information content (AvgIpc) is 3.12. The van der Waals surface area contributed by atoms with Gasteiger partial charge in [-0.15, -0.1) is 0 Å². The summed E-state index contributed by atoms with van der Waals surface area (Å²) in [6.45, 7) is 0.314. The molecule has 0 aromatic heterocycles. The van der Waals surface area contributed by atoms with Gasteiger partial charge in [-0.05, 0) is 79.4 Å². The van der Waals surface area contributed by atoms with Gasteiger partial charge in [-0.25, -0.2) is 9.79 Å². The molecule has 0 saturated heterocycles. The molecule has 3 aromatic rings. The van der Waals surface area contributed by atoms with E-state index in [-0.39, 0.29) is 27.9 Å². The molecule has 11 heteroatoms. The lowest BCUT2D eigenvalue weighted by molar-refractivity contribution is -0.384. The molecular weight excluding hydrogens is 615 g/mol. The van der Waals surface area contributed by atoms with Crippen molar-refractivity contribution < 1.29 is 19.2 Å². The first-order chi connectivity index (χ1) is 16.2. The van der Waals surface area contributed by atoms with E-state index < -0.39 is 10.9 Å². The Hall–Kier alpha value is -2.72. The second kappa shape index (κ2) is 10.3. The Morgan fingerprint density at radius 3 is 2.47 bits per heavy atom. The summed E-state index contributed by atoms with van der Waals surface area (Å²) in [7, 11) is 0. The van der Waals surface area contributed by atoms with Crippen molar-refractivity contribution in [3.05, 3.63) is 106 Å². The lowest BCUT2D eigenvalue weighted by atomic mass is 10.2. The van der Waals surface area contributed by atoms with E-state index in [0.29, 0.717) is 31.9 Å². The average molecular weight is 627 g/mol. The molecule has 1 heterocycles. The Labute approximate surface area is 220 Å². The first-order valence-corrected chi connectivity index (χ1v) is 11.9. The molecule has 0 saturated carbocycles. The summed E-state index contributed by atoms with van der Waals surface area (Å²) in [4.78, 5) is 26.9. The third-order valence-electron chi connectivity index (χ3n) is 4.61. The molecule has 3 aromatic carbocycles. The van der Waals surface area contributed by atoms with Crippen LogP contribution in [0.25, 0.3) is 6.08 Å². The number of halogens is 4. The van der Waals surface area contributed by atoms with Crippen molar-refractivity contribution in [1.29, 1.82) is 0 Å². The first-order valence-electron chi connectivity index (χ1n) is 9.54. The number of aliphatic imine (C=N–C) groups is 1. The van der Waals surface area contributed by atoms with Gasteiger partial charge < -0.3 is 9.47 Å². The number of nitro benzene ring substituents is 1. The van der Waals surface area contributed by atoms with Crippen LogP contribution in [0.1, 0.15) is 16.7 Å². The number of cyclic esters (lactones) is 1. The second-order valence-corrected chi connectivity index (χ2v) is 9.54. The van der Waals surface area contributed by atoms with Crippen LogP contribution in [0.3, 0.4) is 0 Å². The minimum atomic E-state index is -0.669. The Morgan fingerprint density at radius 1 is 1.09 bits per heavy atom. The molecule has 0 radical (unpaired) electrons. The zero-order valence-corrected chi connectivity index (χ0v) is 21.6. The van der Waals surface area contributed by atoms with Crippen LogP contribution in [0.2, 0.25) is 10.0 Å². The molecule has 0 fully saturated rings. The third kappa shape index (κ3) is 5.50. The Balaban J connectivity index is 1.57. The fourth-order valence-electron chi connectivity index (χ4n) is 3.06. The Bertz CT molecular complexity index is 1370. The van der Waals surface area contributed by atoms with Crippen LogP contribution in [-0.2, 0) is 16.1 Å². The maximum atomic E-state index is 12.4. The number of nitro groups is 1. The molecule has 0 atom stereocenters. The zero-order valence-electron chi connectivity index (χ0n) is 16.9. The predicted molar refractivity (Wildman–Crippen MR) is 136 cm³/mol. The zero-order chi connectivity index (χ0) is 24.4. The number of carbonyl (C=O) groups excluding carboxylic acids is 1. The van der Waals surface area contributed by atoms with E-state index in [4.69, 9.17) is 32.7 Å². The van der Waals surface area contributed by atoms with Gasteiger partial charge in [0.05, 0.1) is 24.5 Å². The van der Waals surface area contributed by atoms with Crippen molar-refractivity contribution in [3.63, 3.8) is 0 Å². The van der Waals surface area contributed by atoms with Gasteiger partial charge in [-0.3, -0.25) is 10.1 Å². The fraction of sp³-hybridized carbons (Fsp3) is 0.0435.